The largest absolute Gasteiger partial charge is 0.479 e. The lowest BCUT2D eigenvalue weighted by Gasteiger charge is -2.15. The second-order valence-corrected chi connectivity index (χ2v) is 3.49. The van der Waals surface area contributed by atoms with Gasteiger partial charge in [0.2, 0.25) is 0 Å². The van der Waals surface area contributed by atoms with Crippen molar-refractivity contribution in [1.82, 2.24) is 0 Å². The van der Waals surface area contributed by atoms with E-state index in [4.69, 9.17) is 10.2 Å². The minimum absolute atomic E-state index is 0.493. The molecule has 0 aliphatic carbocycles. The first-order valence-electron chi connectivity index (χ1n) is 4.87. The van der Waals surface area contributed by atoms with Crippen LogP contribution in [0, 0.1) is 0 Å². The first-order valence-corrected chi connectivity index (χ1v) is 4.87. The van der Waals surface area contributed by atoms with E-state index < -0.39 is 24.0 Å². The smallest absolute Gasteiger partial charge is 0.347 e. The molecule has 3 N–H and O–H groups in total. The molecule has 1 rings (SSSR count). The van der Waals surface area contributed by atoms with Gasteiger partial charge in [-0.05, 0) is 5.56 Å². The van der Waals surface area contributed by atoms with Crippen LogP contribution in [-0.4, -0.2) is 32.9 Å². The maximum Gasteiger partial charge on any atom is 0.347 e. The Balaban J connectivity index is 2.75. The van der Waals surface area contributed by atoms with Gasteiger partial charge in [0, 0.05) is 6.42 Å². The number of rotatable bonds is 5. The third kappa shape index (κ3) is 3.15. The van der Waals surface area contributed by atoms with Crippen LogP contribution in [0.2, 0.25) is 0 Å². The highest BCUT2D eigenvalue weighted by molar-refractivity contribution is 6.01. The molecule has 0 fully saturated rings. The van der Waals surface area contributed by atoms with Gasteiger partial charge in [0.05, 0.1) is 0 Å². The van der Waals surface area contributed by atoms with Crippen molar-refractivity contribution < 1.29 is 24.9 Å². The predicted octanol–water partition coefficient (Wildman–Crippen LogP) is 0.990. The lowest BCUT2D eigenvalue weighted by Crippen LogP contribution is -2.46. The number of hydrogen-bond acceptors (Lipinski definition) is 3. The molecule has 0 unspecified atom stereocenters. The lowest BCUT2D eigenvalue weighted by molar-refractivity contribution is -0.175. The zero-order valence-corrected chi connectivity index (χ0v) is 8.91. The van der Waals surface area contributed by atoms with Crippen LogP contribution in [0.1, 0.15) is 12.0 Å². The monoisotopic (exact) mass is 236 g/mol. The number of carboxylic acids is 2. The number of carbonyl (C=O) groups is 2. The van der Waals surface area contributed by atoms with Gasteiger partial charge < -0.3 is 15.3 Å². The molecule has 0 atom stereocenters. The minimum Gasteiger partial charge on any atom is -0.479 e. The molecule has 0 aliphatic heterocycles. The fraction of sp³-hybridized carbons (Fsp3) is 0.167. The van der Waals surface area contributed by atoms with Crippen LogP contribution in [0.4, 0.5) is 0 Å². The summed E-state index contributed by atoms with van der Waals surface area (Å²) in [6.45, 7) is 0. The molecule has 0 aromatic heterocycles. The molecule has 0 spiro atoms. The quantitative estimate of drug-likeness (QED) is 0.663. The van der Waals surface area contributed by atoms with E-state index >= 15 is 0 Å². The Labute approximate surface area is 97.6 Å². The molecule has 0 heterocycles. The van der Waals surface area contributed by atoms with Gasteiger partial charge in [-0.3, -0.25) is 0 Å². The summed E-state index contributed by atoms with van der Waals surface area (Å²) in [5.74, 6) is -3.55. The molecular formula is C12H12O5. The predicted molar refractivity (Wildman–Crippen MR) is 60.3 cm³/mol. The van der Waals surface area contributed by atoms with Crippen LogP contribution in [-0.2, 0) is 9.59 Å². The molecule has 0 saturated heterocycles. The Kier molecular flexibility index (Phi) is 4.01. The summed E-state index contributed by atoms with van der Waals surface area (Å²) >= 11 is 0. The maximum absolute atomic E-state index is 10.6. The normalized spacial score (nSPS) is 11.6. The Hall–Kier alpha value is -2.14. The van der Waals surface area contributed by atoms with Crippen LogP contribution < -0.4 is 0 Å². The van der Waals surface area contributed by atoms with E-state index in [9.17, 15) is 14.7 Å². The van der Waals surface area contributed by atoms with E-state index in [1.165, 1.54) is 6.08 Å². The molecule has 1 aromatic rings. The topological polar surface area (TPSA) is 94.8 Å². The number of carboxylic acid groups (broad SMARTS) is 2. The molecule has 1 aromatic carbocycles. The fourth-order valence-corrected chi connectivity index (χ4v) is 1.20. The molecule has 17 heavy (non-hydrogen) atoms. The molecular weight excluding hydrogens is 224 g/mol. The second kappa shape index (κ2) is 5.27. The molecule has 0 radical (unpaired) electrons. The Bertz CT molecular complexity index is 421. The van der Waals surface area contributed by atoms with Gasteiger partial charge in [-0.25, -0.2) is 9.59 Å². The highest BCUT2D eigenvalue weighted by Crippen LogP contribution is 2.13. The zero-order valence-electron chi connectivity index (χ0n) is 8.91. The van der Waals surface area contributed by atoms with E-state index in [2.05, 4.69) is 0 Å². The summed E-state index contributed by atoms with van der Waals surface area (Å²) in [5, 5.41) is 26.7. The van der Waals surface area contributed by atoms with Crippen LogP contribution in [0.25, 0.3) is 6.08 Å². The van der Waals surface area contributed by atoms with Crippen molar-refractivity contribution in [1.29, 1.82) is 0 Å². The Morgan fingerprint density at radius 1 is 1.12 bits per heavy atom. The van der Waals surface area contributed by atoms with E-state index in [1.54, 1.807) is 30.3 Å². The van der Waals surface area contributed by atoms with E-state index in [0.717, 1.165) is 5.56 Å². The van der Waals surface area contributed by atoms with E-state index in [1.807, 2.05) is 6.07 Å². The van der Waals surface area contributed by atoms with E-state index in [0.29, 0.717) is 0 Å². The summed E-state index contributed by atoms with van der Waals surface area (Å²) < 4.78 is 0. The molecule has 0 bridgehead atoms. The van der Waals surface area contributed by atoms with Gasteiger partial charge in [0.25, 0.3) is 5.60 Å². The molecule has 0 amide bonds. The summed E-state index contributed by atoms with van der Waals surface area (Å²) in [6.07, 6.45) is 2.38. The zero-order chi connectivity index (χ0) is 12.9. The van der Waals surface area contributed by atoms with Crippen LogP contribution in [0.15, 0.2) is 36.4 Å². The van der Waals surface area contributed by atoms with E-state index in [-0.39, 0.29) is 0 Å². The Morgan fingerprint density at radius 2 is 1.65 bits per heavy atom. The summed E-state index contributed by atoms with van der Waals surface area (Å²) in [5.41, 5.74) is -1.98. The number of aliphatic hydroxyl groups is 1. The van der Waals surface area contributed by atoms with Crippen molar-refractivity contribution in [3.63, 3.8) is 0 Å². The van der Waals surface area contributed by atoms with Gasteiger partial charge >= 0.3 is 11.9 Å². The van der Waals surface area contributed by atoms with Crippen molar-refractivity contribution in [2.24, 2.45) is 0 Å². The van der Waals surface area contributed by atoms with Gasteiger partial charge in [-0.1, -0.05) is 42.5 Å². The van der Waals surface area contributed by atoms with Gasteiger partial charge in [-0.15, -0.1) is 0 Å². The fourth-order valence-electron chi connectivity index (χ4n) is 1.20. The number of hydrogen-bond donors (Lipinski definition) is 3. The van der Waals surface area contributed by atoms with Crippen LogP contribution >= 0.6 is 0 Å². The number of aliphatic carboxylic acids is 2. The van der Waals surface area contributed by atoms with Gasteiger partial charge in [-0.2, -0.15) is 0 Å². The molecule has 0 aliphatic rings. The first-order chi connectivity index (χ1) is 7.97. The summed E-state index contributed by atoms with van der Waals surface area (Å²) in [4.78, 5) is 21.3. The van der Waals surface area contributed by atoms with Crippen molar-refractivity contribution >= 4 is 18.0 Å². The average Bonchev–Trinajstić information content (AvgIpc) is 2.29. The Morgan fingerprint density at radius 3 is 2.12 bits per heavy atom. The molecule has 5 nitrogen and oxygen atoms in total. The van der Waals surface area contributed by atoms with Crippen molar-refractivity contribution in [3.8, 4) is 0 Å². The van der Waals surface area contributed by atoms with Crippen molar-refractivity contribution in [3.05, 3.63) is 42.0 Å². The van der Waals surface area contributed by atoms with Crippen LogP contribution in [0.5, 0.6) is 0 Å². The van der Waals surface area contributed by atoms with Crippen molar-refractivity contribution in [2.75, 3.05) is 0 Å². The second-order valence-electron chi connectivity index (χ2n) is 3.49. The van der Waals surface area contributed by atoms with Crippen LogP contribution in [0.3, 0.4) is 0 Å². The standard InChI is InChI=1S/C12H12O5/c13-10(14)12(17,11(15)16)8-4-7-9-5-2-1-3-6-9/h1-7,17H,8H2,(H,13,14)(H,15,16)/b7-4+. The molecule has 0 saturated carbocycles. The minimum atomic E-state index is -2.77. The van der Waals surface area contributed by atoms with Crippen molar-refractivity contribution in [2.45, 2.75) is 12.0 Å². The third-order valence-corrected chi connectivity index (χ3v) is 2.23. The average molecular weight is 236 g/mol. The highest BCUT2D eigenvalue weighted by Gasteiger charge is 2.43. The summed E-state index contributed by atoms with van der Waals surface area (Å²) in [7, 11) is 0. The first kappa shape index (κ1) is 12.9. The lowest BCUT2D eigenvalue weighted by atomic mass is 9.99. The highest BCUT2D eigenvalue weighted by atomic mass is 16.4. The van der Waals surface area contributed by atoms with Gasteiger partial charge in [0.15, 0.2) is 0 Å². The summed E-state index contributed by atoms with van der Waals surface area (Å²) in [6, 6.07) is 8.96. The number of benzene rings is 1. The SMILES string of the molecule is O=C(O)C(O)(C/C=C/c1ccccc1)C(=O)O. The molecule has 5 heteroatoms. The third-order valence-electron chi connectivity index (χ3n) is 2.23. The maximum atomic E-state index is 10.6. The molecule has 90 valence electrons. The van der Waals surface area contributed by atoms with Gasteiger partial charge in [0.1, 0.15) is 0 Å².